The highest BCUT2D eigenvalue weighted by Crippen LogP contribution is 2.55. The van der Waals surface area contributed by atoms with Crippen molar-refractivity contribution in [1.82, 2.24) is 9.80 Å². The maximum absolute atomic E-state index is 14.2. The third-order valence-corrected chi connectivity index (χ3v) is 7.86. The Balaban J connectivity index is 1.61. The van der Waals surface area contributed by atoms with E-state index in [1.807, 2.05) is 106 Å². The summed E-state index contributed by atoms with van der Waals surface area (Å²) in [5, 5.41) is 7.69. The third kappa shape index (κ3) is 3.56. The van der Waals surface area contributed by atoms with Crippen molar-refractivity contribution in [3.8, 4) is 0 Å². The summed E-state index contributed by atoms with van der Waals surface area (Å²) in [6.45, 7) is 4.09. The maximum Gasteiger partial charge on any atom is 0.235 e. The van der Waals surface area contributed by atoms with E-state index in [9.17, 15) is 9.59 Å². The lowest BCUT2D eigenvalue weighted by Gasteiger charge is -2.37. The summed E-state index contributed by atoms with van der Waals surface area (Å²) in [5.41, 5.74) is 8.52. The molecular weight excluding hydrogens is 436 g/mol. The van der Waals surface area contributed by atoms with Gasteiger partial charge in [-0.3, -0.25) is 24.8 Å². The minimum absolute atomic E-state index is 0.00129. The van der Waals surface area contributed by atoms with E-state index in [0.717, 1.165) is 16.7 Å². The van der Waals surface area contributed by atoms with E-state index in [1.54, 1.807) is 0 Å². The highest BCUT2D eigenvalue weighted by Gasteiger charge is 2.65. The topological polar surface area (TPSA) is 90.5 Å². The molecule has 5 rings (SSSR count). The average Bonchev–Trinajstić information content (AvgIpc) is 3.24. The molecule has 0 radical (unpaired) electrons. The van der Waals surface area contributed by atoms with E-state index in [1.165, 1.54) is 4.90 Å². The molecule has 3 atom stereocenters. The van der Waals surface area contributed by atoms with Crippen molar-refractivity contribution in [2.45, 2.75) is 31.5 Å². The normalized spacial score (nSPS) is 23.7. The van der Waals surface area contributed by atoms with Crippen molar-refractivity contribution in [3.63, 3.8) is 0 Å². The zero-order chi connectivity index (χ0) is 24.9. The number of nitrogens with one attached hydrogen (secondary N) is 1. The van der Waals surface area contributed by atoms with Crippen LogP contribution in [0.3, 0.4) is 0 Å². The number of carbonyl (C=O) groups excluding carboxylic acids is 2. The van der Waals surface area contributed by atoms with Crippen LogP contribution in [0.5, 0.6) is 0 Å². The summed E-state index contributed by atoms with van der Waals surface area (Å²) < 4.78 is 0. The number of nitrogens with two attached hydrogens (primary N) is 1. The van der Waals surface area contributed by atoms with Gasteiger partial charge in [0.05, 0.1) is 17.9 Å². The fourth-order valence-electron chi connectivity index (χ4n) is 5.90. The fraction of sp³-hybridized carbons (Fsp3) is 0.276. The van der Waals surface area contributed by atoms with Crippen LogP contribution in [0, 0.1) is 17.2 Å². The van der Waals surface area contributed by atoms with Crippen LogP contribution in [-0.2, 0) is 9.59 Å². The van der Waals surface area contributed by atoms with E-state index in [-0.39, 0.29) is 23.7 Å². The molecule has 0 saturated carbocycles. The first kappa shape index (κ1) is 23.0. The van der Waals surface area contributed by atoms with Gasteiger partial charge in [0, 0.05) is 17.1 Å². The summed E-state index contributed by atoms with van der Waals surface area (Å²) in [6, 6.07) is 26.2. The monoisotopic (exact) mass is 466 g/mol. The molecule has 0 aliphatic carbocycles. The molecule has 2 aliphatic rings. The van der Waals surface area contributed by atoms with Crippen LogP contribution >= 0.6 is 0 Å². The largest absolute Gasteiger partial charge is 0.384 e. The van der Waals surface area contributed by atoms with Gasteiger partial charge in [-0.25, -0.2) is 0 Å². The lowest BCUT2D eigenvalue weighted by Crippen LogP contribution is -2.47. The van der Waals surface area contributed by atoms with Crippen molar-refractivity contribution in [3.05, 3.63) is 107 Å². The molecule has 3 aromatic rings. The molecule has 3 N–H and O–H groups in total. The van der Waals surface area contributed by atoms with Gasteiger partial charge in [-0.1, -0.05) is 84.9 Å². The summed E-state index contributed by atoms with van der Waals surface area (Å²) >= 11 is 0. The van der Waals surface area contributed by atoms with Crippen molar-refractivity contribution >= 4 is 17.6 Å². The number of fused-ring (bicyclic) bond motifs is 1. The zero-order valence-electron chi connectivity index (χ0n) is 20.2. The maximum atomic E-state index is 14.2. The standard InChI is InChI=1S/C29H30N4O2/c1-29(2)23-22(25(32(29)3)20-14-16-21(17-15-20)26(30)31)27(34)33(28(23)35)24(18-10-6-4-7-11-18)19-12-8-5-9-13-19/h4-17,22-25H,1-3H3,(H3,30,31)/t22-,23-,25-/m1/s1. The molecule has 0 spiro atoms. The smallest absolute Gasteiger partial charge is 0.235 e. The molecular formula is C29H30N4O2. The Labute approximate surface area is 205 Å². The van der Waals surface area contributed by atoms with Gasteiger partial charge in [0.1, 0.15) is 5.84 Å². The molecule has 0 bridgehead atoms. The van der Waals surface area contributed by atoms with E-state index in [2.05, 4.69) is 4.90 Å². The van der Waals surface area contributed by atoms with Crippen LogP contribution in [0.1, 0.15) is 48.2 Å². The second-order valence-corrected chi connectivity index (χ2v) is 10.0. The van der Waals surface area contributed by atoms with E-state index >= 15 is 0 Å². The van der Waals surface area contributed by atoms with Gasteiger partial charge < -0.3 is 5.73 Å². The molecule has 2 aliphatic heterocycles. The Bertz CT molecular complexity index is 1230. The Morgan fingerprint density at radius 1 is 0.857 bits per heavy atom. The number of amides is 2. The molecule has 3 aromatic carbocycles. The molecule has 0 aromatic heterocycles. The quantitative estimate of drug-likeness (QED) is 0.336. The lowest BCUT2D eigenvalue weighted by atomic mass is 9.81. The molecule has 2 saturated heterocycles. The van der Waals surface area contributed by atoms with E-state index in [0.29, 0.717) is 5.56 Å². The molecule has 0 unspecified atom stereocenters. The summed E-state index contributed by atoms with van der Waals surface area (Å²) in [4.78, 5) is 32.0. The van der Waals surface area contributed by atoms with Crippen LogP contribution in [-0.4, -0.2) is 40.0 Å². The van der Waals surface area contributed by atoms with Crippen molar-refractivity contribution in [2.75, 3.05) is 7.05 Å². The van der Waals surface area contributed by atoms with Gasteiger partial charge in [-0.15, -0.1) is 0 Å². The number of hydrogen-bond donors (Lipinski definition) is 2. The minimum Gasteiger partial charge on any atom is -0.384 e. The Morgan fingerprint density at radius 3 is 1.86 bits per heavy atom. The zero-order valence-corrected chi connectivity index (χ0v) is 20.2. The van der Waals surface area contributed by atoms with Crippen molar-refractivity contribution in [2.24, 2.45) is 17.6 Å². The molecule has 2 amide bonds. The number of rotatable bonds is 5. The molecule has 2 heterocycles. The van der Waals surface area contributed by atoms with Gasteiger partial charge in [0.25, 0.3) is 0 Å². The lowest BCUT2D eigenvalue weighted by molar-refractivity contribution is -0.144. The number of likely N-dealkylation sites (tertiary alicyclic amines) is 2. The summed E-state index contributed by atoms with van der Waals surface area (Å²) in [5.74, 6) is -1.23. The summed E-state index contributed by atoms with van der Waals surface area (Å²) in [6.07, 6.45) is 0. The first-order chi connectivity index (χ1) is 16.7. The van der Waals surface area contributed by atoms with Crippen LogP contribution < -0.4 is 5.73 Å². The predicted molar refractivity (Wildman–Crippen MR) is 136 cm³/mol. The predicted octanol–water partition coefficient (Wildman–Crippen LogP) is 4.13. The van der Waals surface area contributed by atoms with E-state index in [4.69, 9.17) is 11.1 Å². The van der Waals surface area contributed by atoms with Crippen molar-refractivity contribution in [1.29, 1.82) is 5.41 Å². The molecule has 178 valence electrons. The number of nitrogen functional groups attached to an aromatic ring is 1. The molecule has 6 heteroatoms. The van der Waals surface area contributed by atoms with Gasteiger partial charge in [-0.05, 0) is 37.6 Å². The van der Waals surface area contributed by atoms with Gasteiger partial charge in [0.15, 0.2) is 0 Å². The molecule has 2 fully saturated rings. The fourth-order valence-corrected chi connectivity index (χ4v) is 5.90. The second kappa shape index (κ2) is 8.47. The van der Waals surface area contributed by atoms with Gasteiger partial charge in [-0.2, -0.15) is 0 Å². The first-order valence-corrected chi connectivity index (χ1v) is 11.9. The number of nitrogens with zero attached hydrogens (tertiary/aromatic N) is 2. The average molecular weight is 467 g/mol. The van der Waals surface area contributed by atoms with Crippen LogP contribution in [0.4, 0.5) is 0 Å². The highest BCUT2D eigenvalue weighted by molar-refractivity contribution is 6.07. The number of hydrogen-bond acceptors (Lipinski definition) is 4. The molecule has 6 nitrogen and oxygen atoms in total. The molecule has 35 heavy (non-hydrogen) atoms. The first-order valence-electron chi connectivity index (χ1n) is 11.9. The van der Waals surface area contributed by atoms with Gasteiger partial charge >= 0.3 is 0 Å². The minimum atomic E-state index is -0.520. The highest BCUT2D eigenvalue weighted by atomic mass is 16.2. The summed E-state index contributed by atoms with van der Waals surface area (Å²) in [7, 11) is 1.98. The Morgan fingerprint density at radius 2 is 1.37 bits per heavy atom. The van der Waals surface area contributed by atoms with Gasteiger partial charge in [0.2, 0.25) is 11.8 Å². The Hall–Kier alpha value is -3.77. The van der Waals surface area contributed by atoms with E-state index < -0.39 is 23.4 Å². The van der Waals surface area contributed by atoms with Crippen molar-refractivity contribution < 1.29 is 9.59 Å². The number of benzene rings is 3. The van der Waals surface area contributed by atoms with Crippen LogP contribution in [0.2, 0.25) is 0 Å². The number of amidine groups is 1. The number of carbonyl (C=O) groups is 2. The third-order valence-electron chi connectivity index (χ3n) is 7.86. The van der Waals surface area contributed by atoms with Crippen LogP contribution in [0.15, 0.2) is 84.9 Å². The SMILES string of the molecule is CN1[C@H](c2ccc(C(=N)N)cc2)[C@@H]2C(=O)N(C(c3ccccc3)c3ccccc3)C(=O)[C@@H]2C1(C)C. The number of imide groups is 1. The second-order valence-electron chi connectivity index (χ2n) is 10.0. The van der Waals surface area contributed by atoms with Crippen LogP contribution in [0.25, 0.3) is 0 Å². The Kier molecular flexibility index (Phi) is 5.56.